The maximum absolute atomic E-state index is 10.2. The van der Waals surface area contributed by atoms with Crippen molar-refractivity contribution in [1.29, 1.82) is 0 Å². The molecule has 1 aliphatic rings. The van der Waals surface area contributed by atoms with Crippen LogP contribution in [0, 0.1) is 0 Å². The van der Waals surface area contributed by atoms with Gasteiger partial charge in [-0.05, 0) is 49.0 Å². The minimum atomic E-state index is -0.474. The van der Waals surface area contributed by atoms with E-state index in [0.717, 1.165) is 31.5 Å². The molecule has 0 saturated carbocycles. The van der Waals surface area contributed by atoms with Crippen LogP contribution in [-0.2, 0) is 11.3 Å². The van der Waals surface area contributed by atoms with E-state index in [-0.39, 0.29) is 0 Å². The fraction of sp³-hybridized carbons (Fsp3) is 0.500. The lowest BCUT2D eigenvalue weighted by Gasteiger charge is -2.32. The molecule has 130 valence electrons. The van der Waals surface area contributed by atoms with Crippen LogP contribution in [0.1, 0.15) is 29.9 Å². The standard InChI is InChI=1S/C18H24ClN3O2/c19-18-4-2-1-3-15(18)12-24-13-17(23)11-22-7-5-14(6-8-22)16-9-20-21-10-16/h1-4,9-10,14,17,23H,5-8,11-13H2,(H,20,21)/t17-/m1/s1. The summed E-state index contributed by atoms with van der Waals surface area (Å²) in [5.41, 5.74) is 2.24. The molecule has 1 aliphatic heterocycles. The zero-order valence-electron chi connectivity index (χ0n) is 13.7. The molecular weight excluding hydrogens is 326 g/mol. The molecule has 0 unspecified atom stereocenters. The summed E-state index contributed by atoms with van der Waals surface area (Å²) in [6, 6.07) is 7.62. The number of nitrogens with zero attached hydrogens (tertiary/aromatic N) is 2. The molecule has 0 radical (unpaired) electrons. The van der Waals surface area contributed by atoms with Crippen LogP contribution in [0.3, 0.4) is 0 Å². The number of aliphatic hydroxyl groups excluding tert-OH is 1. The molecule has 1 fully saturated rings. The van der Waals surface area contributed by atoms with E-state index in [1.54, 1.807) is 0 Å². The van der Waals surface area contributed by atoms with Crippen molar-refractivity contribution in [2.24, 2.45) is 0 Å². The number of β-amino-alcohol motifs (C(OH)–C–C–N with tert-alkyl or cyclic N) is 1. The van der Waals surface area contributed by atoms with Crippen LogP contribution < -0.4 is 0 Å². The molecule has 1 aromatic carbocycles. The third-order valence-electron chi connectivity index (χ3n) is 4.57. The molecule has 1 saturated heterocycles. The molecule has 3 rings (SSSR count). The van der Waals surface area contributed by atoms with Gasteiger partial charge in [0.2, 0.25) is 0 Å². The Morgan fingerprint density at radius 2 is 2.12 bits per heavy atom. The number of nitrogens with one attached hydrogen (secondary N) is 1. The predicted molar refractivity (Wildman–Crippen MR) is 94.1 cm³/mol. The van der Waals surface area contributed by atoms with Crippen molar-refractivity contribution in [3.8, 4) is 0 Å². The molecule has 5 nitrogen and oxygen atoms in total. The number of rotatable bonds is 7. The van der Waals surface area contributed by atoms with E-state index in [0.29, 0.717) is 30.7 Å². The Kier molecular flexibility index (Phi) is 6.26. The van der Waals surface area contributed by atoms with E-state index >= 15 is 0 Å². The van der Waals surface area contributed by atoms with Crippen molar-refractivity contribution >= 4 is 11.6 Å². The summed E-state index contributed by atoms with van der Waals surface area (Å²) in [6.45, 7) is 3.40. The smallest absolute Gasteiger partial charge is 0.0900 e. The molecule has 2 aromatic rings. The number of halogens is 1. The van der Waals surface area contributed by atoms with Gasteiger partial charge in [-0.3, -0.25) is 5.10 Å². The lowest BCUT2D eigenvalue weighted by atomic mass is 9.91. The highest BCUT2D eigenvalue weighted by Crippen LogP contribution is 2.27. The van der Waals surface area contributed by atoms with Crippen LogP contribution in [0.25, 0.3) is 0 Å². The third-order valence-corrected chi connectivity index (χ3v) is 4.94. The van der Waals surface area contributed by atoms with E-state index in [1.165, 1.54) is 5.56 Å². The second kappa shape index (κ2) is 8.62. The zero-order chi connectivity index (χ0) is 16.8. The van der Waals surface area contributed by atoms with Gasteiger partial charge in [0.05, 0.1) is 25.5 Å². The van der Waals surface area contributed by atoms with Crippen LogP contribution in [0.2, 0.25) is 5.02 Å². The second-order valence-electron chi connectivity index (χ2n) is 6.37. The number of hydrogen-bond donors (Lipinski definition) is 2. The summed E-state index contributed by atoms with van der Waals surface area (Å²) in [4.78, 5) is 2.31. The highest BCUT2D eigenvalue weighted by molar-refractivity contribution is 6.31. The molecule has 2 heterocycles. The molecule has 24 heavy (non-hydrogen) atoms. The van der Waals surface area contributed by atoms with Crippen molar-refractivity contribution in [2.75, 3.05) is 26.2 Å². The Hall–Kier alpha value is -1.40. The molecule has 0 spiro atoms. The lowest BCUT2D eigenvalue weighted by Crippen LogP contribution is -2.39. The highest BCUT2D eigenvalue weighted by Gasteiger charge is 2.22. The minimum Gasteiger partial charge on any atom is -0.389 e. The number of hydrogen-bond acceptors (Lipinski definition) is 4. The van der Waals surface area contributed by atoms with Gasteiger partial charge in [0, 0.05) is 17.8 Å². The van der Waals surface area contributed by atoms with Gasteiger partial charge in [-0.1, -0.05) is 29.8 Å². The zero-order valence-corrected chi connectivity index (χ0v) is 14.5. The summed E-state index contributed by atoms with van der Waals surface area (Å²) in [7, 11) is 0. The SMILES string of the molecule is O[C@@H](COCc1ccccc1Cl)CN1CCC(c2cn[nH]c2)CC1. The van der Waals surface area contributed by atoms with E-state index in [9.17, 15) is 5.11 Å². The van der Waals surface area contributed by atoms with Gasteiger partial charge in [0.25, 0.3) is 0 Å². The number of aromatic nitrogens is 2. The number of likely N-dealkylation sites (tertiary alicyclic amines) is 1. The molecule has 1 atom stereocenters. The summed E-state index contributed by atoms with van der Waals surface area (Å²) in [5, 5.41) is 17.8. The van der Waals surface area contributed by atoms with E-state index in [2.05, 4.69) is 15.1 Å². The Morgan fingerprint density at radius 1 is 1.33 bits per heavy atom. The minimum absolute atomic E-state index is 0.326. The Balaban J connectivity index is 1.35. The number of aliphatic hydroxyl groups is 1. The predicted octanol–water partition coefficient (Wildman–Crippen LogP) is 2.82. The Bertz CT molecular complexity index is 612. The molecule has 2 N–H and O–H groups in total. The largest absolute Gasteiger partial charge is 0.389 e. The van der Waals surface area contributed by atoms with Crippen molar-refractivity contribution in [1.82, 2.24) is 15.1 Å². The van der Waals surface area contributed by atoms with Crippen LogP contribution in [0.5, 0.6) is 0 Å². The van der Waals surface area contributed by atoms with Crippen molar-refractivity contribution in [3.63, 3.8) is 0 Å². The average Bonchev–Trinajstić information content (AvgIpc) is 3.12. The number of piperidine rings is 1. The Labute approximate surface area is 147 Å². The quantitative estimate of drug-likeness (QED) is 0.807. The van der Waals surface area contributed by atoms with Gasteiger partial charge in [-0.25, -0.2) is 0 Å². The number of aromatic amines is 1. The van der Waals surface area contributed by atoms with Gasteiger partial charge < -0.3 is 14.7 Å². The maximum Gasteiger partial charge on any atom is 0.0900 e. The lowest BCUT2D eigenvalue weighted by molar-refractivity contribution is 0.00623. The van der Waals surface area contributed by atoms with Gasteiger partial charge in [-0.2, -0.15) is 5.10 Å². The topological polar surface area (TPSA) is 61.4 Å². The van der Waals surface area contributed by atoms with Gasteiger partial charge in [0.1, 0.15) is 0 Å². The number of benzene rings is 1. The first-order chi connectivity index (χ1) is 11.7. The van der Waals surface area contributed by atoms with E-state index in [1.807, 2.05) is 36.7 Å². The molecular formula is C18H24ClN3O2. The summed E-state index contributed by atoms with van der Waals surface area (Å²) < 4.78 is 5.61. The maximum atomic E-state index is 10.2. The molecule has 1 aromatic heterocycles. The summed E-state index contributed by atoms with van der Waals surface area (Å²) in [5.74, 6) is 0.577. The van der Waals surface area contributed by atoms with Crippen molar-refractivity contribution in [2.45, 2.75) is 31.5 Å². The van der Waals surface area contributed by atoms with Crippen LogP contribution in [-0.4, -0.2) is 52.5 Å². The fourth-order valence-corrected chi connectivity index (χ4v) is 3.39. The van der Waals surface area contributed by atoms with Crippen molar-refractivity contribution in [3.05, 3.63) is 52.8 Å². The first kappa shape index (κ1) is 17.4. The monoisotopic (exact) mass is 349 g/mol. The first-order valence-corrected chi connectivity index (χ1v) is 8.80. The fourth-order valence-electron chi connectivity index (χ4n) is 3.20. The third kappa shape index (κ3) is 4.80. The van der Waals surface area contributed by atoms with Gasteiger partial charge in [0.15, 0.2) is 0 Å². The average molecular weight is 350 g/mol. The molecule has 0 amide bonds. The van der Waals surface area contributed by atoms with Gasteiger partial charge in [-0.15, -0.1) is 0 Å². The molecule has 0 bridgehead atoms. The number of H-pyrrole nitrogens is 1. The first-order valence-electron chi connectivity index (χ1n) is 8.42. The molecule has 0 aliphatic carbocycles. The van der Waals surface area contributed by atoms with E-state index < -0.39 is 6.10 Å². The Morgan fingerprint density at radius 3 is 2.83 bits per heavy atom. The second-order valence-corrected chi connectivity index (χ2v) is 6.77. The molecule has 6 heteroatoms. The van der Waals surface area contributed by atoms with Crippen LogP contribution in [0.15, 0.2) is 36.7 Å². The van der Waals surface area contributed by atoms with Crippen LogP contribution >= 0.6 is 11.6 Å². The van der Waals surface area contributed by atoms with Crippen molar-refractivity contribution < 1.29 is 9.84 Å². The normalized spacial score (nSPS) is 17.9. The van der Waals surface area contributed by atoms with Crippen LogP contribution in [0.4, 0.5) is 0 Å². The number of ether oxygens (including phenoxy) is 1. The van der Waals surface area contributed by atoms with Gasteiger partial charge >= 0.3 is 0 Å². The summed E-state index contributed by atoms with van der Waals surface area (Å²) >= 11 is 6.09. The highest BCUT2D eigenvalue weighted by atomic mass is 35.5. The van der Waals surface area contributed by atoms with E-state index in [4.69, 9.17) is 16.3 Å². The summed E-state index contributed by atoms with van der Waals surface area (Å²) in [6.07, 6.45) is 5.63.